The first-order valence-corrected chi connectivity index (χ1v) is 17.5. The molecule has 0 spiro atoms. The van der Waals surface area contributed by atoms with E-state index in [1.165, 1.54) is 33.4 Å². The lowest BCUT2D eigenvalue weighted by atomic mass is 9.67. The van der Waals surface area contributed by atoms with Gasteiger partial charge in [0.15, 0.2) is 0 Å². The number of pyridine rings is 2. The number of fused-ring (bicyclic) bond motifs is 3. The average molecular weight is 675 g/mol. The molecule has 0 saturated heterocycles. The van der Waals surface area contributed by atoms with Gasteiger partial charge in [0.1, 0.15) is 18.0 Å². The van der Waals surface area contributed by atoms with Crippen LogP contribution < -0.4 is 0 Å². The molecule has 0 N–H and O–H groups in total. The van der Waals surface area contributed by atoms with Gasteiger partial charge in [0.25, 0.3) is 5.82 Å². The molecule has 9 rings (SSSR count). The predicted octanol–water partition coefficient (Wildman–Crippen LogP) is 11.9. The summed E-state index contributed by atoms with van der Waals surface area (Å²) in [5.74, 6) is 0.392. The van der Waals surface area contributed by atoms with Crippen molar-refractivity contribution in [3.05, 3.63) is 222 Å². The molecule has 6 aromatic carbocycles. The van der Waals surface area contributed by atoms with E-state index in [-0.39, 0.29) is 0 Å². The molecule has 1 aliphatic rings. The van der Waals surface area contributed by atoms with Gasteiger partial charge in [-0.1, -0.05) is 140 Å². The van der Waals surface area contributed by atoms with Crippen LogP contribution in [0.1, 0.15) is 27.9 Å². The molecule has 1 aliphatic carbocycles. The fourth-order valence-electron chi connectivity index (χ4n) is 7.89. The highest BCUT2D eigenvalue weighted by Gasteiger charge is 2.46. The number of rotatable bonds is 6. The molecule has 0 radical (unpaired) electrons. The van der Waals surface area contributed by atoms with E-state index in [9.17, 15) is 5.26 Å². The van der Waals surface area contributed by atoms with Crippen LogP contribution in [0.25, 0.3) is 60.5 Å². The Morgan fingerprint density at radius 1 is 0.453 bits per heavy atom. The fourth-order valence-corrected chi connectivity index (χ4v) is 7.89. The number of nitrogens with zero attached hydrogens (tertiary/aromatic N) is 4. The summed E-state index contributed by atoms with van der Waals surface area (Å²) in [4.78, 5) is 11.8. The molecule has 0 unspecified atom stereocenters. The molecular formula is C49H30N4. The highest BCUT2D eigenvalue weighted by atomic mass is 14.8. The lowest BCUT2D eigenvalue weighted by Crippen LogP contribution is -2.28. The molecule has 0 fully saturated rings. The van der Waals surface area contributed by atoms with Gasteiger partial charge >= 0.3 is 0 Å². The zero-order valence-electron chi connectivity index (χ0n) is 28.6. The third-order valence-corrected chi connectivity index (χ3v) is 10.4. The number of benzene rings is 6. The van der Waals surface area contributed by atoms with Crippen LogP contribution in [0, 0.1) is 17.9 Å². The summed E-state index contributed by atoms with van der Waals surface area (Å²) in [5.41, 5.74) is 15.8. The van der Waals surface area contributed by atoms with Crippen LogP contribution in [0.15, 0.2) is 182 Å². The van der Waals surface area contributed by atoms with Crippen LogP contribution in [0.3, 0.4) is 0 Å². The largest absolute Gasteiger partial charge is 0.361 e. The molecule has 246 valence electrons. The van der Waals surface area contributed by atoms with Crippen molar-refractivity contribution in [1.29, 1.82) is 5.26 Å². The van der Waals surface area contributed by atoms with Gasteiger partial charge in [-0.05, 0) is 114 Å². The lowest BCUT2D eigenvalue weighted by Gasteiger charge is -2.34. The van der Waals surface area contributed by atoms with Crippen LogP contribution in [-0.4, -0.2) is 9.97 Å². The second kappa shape index (κ2) is 13.1. The Balaban J connectivity index is 1.19. The van der Waals surface area contributed by atoms with Crippen molar-refractivity contribution in [2.24, 2.45) is 0 Å². The van der Waals surface area contributed by atoms with Crippen LogP contribution in [0.2, 0.25) is 0 Å². The molecule has 53 heavy (non-hydrogen) atoms. The maximum atomic E-state index is 9.37. The molecule has 8 aromatic rings. The van der Waals surface area contributed by atoms with Crippen molar-refractivity contribution in [3.63, 3.8) is 0 Å². The van der Waals surface area contributed by atoms with E-state index < -0.39 is 5.41 Å². The predicted molar refractivity (Wildman–Crippen MR) is 212 cm³/mol. The third-order valence-electron chi connectivity index (χ3n) is 10.4. The molecule has 2 aromatic heterocycles. The van der Waals surface area contributed by atoms with E-state index in [2.05, 4.69) is 166 Å². The van der Waals surface area contributed by atoms with Gasteiger partial charge in [0.05, 0.1) is 5.41 Å². The standard InChI is InChI=1S/C49H30N4/c1-51-48-31-40(25-27-53-48)36-18-14-34(15-19-36)38-21-23-45-44-22-20-37(33-12-16-35(17-13-33)39-24-26-52-43(28-39)32-50)29-46(44)49(47(45)30-38,41-8-4-2-5-9-41)42-10-6-3-7-11-42/h2-31H. The van der Waals surface area contributed by atoms with Gasteiger partial charge in [-0.3, -0.25) is 0 Å². The summed E-state index contributed by atoms with van der Waals surface area (Å²) in [6, 6.07) is 62.3. The quantitative estimate of drug-likeness (QED) is 0.165. The van der Waals surface area contributed by atoms with Crippen LogP contribution in [-0.2, 0) is 5.41 Å². The Labute approximate surface area is 308 Å². The van der Waals surface area contributed by atoms with Gasteiger partial charge in [0.2, 0.25) is 0 Å². The molecule has 0 bridgehead atoms. The second-order valence-electron chi connectivity index (χ2n) is 13.2. The fraction of sp³-hybridized carbons (Fsp3) is 0.0204. The average Bonchev–Trinajstić information content (AvgIpc) is 3.54. The van der Waals surface area contributed by atoms with Crippen molar-refractivity contribution >= 4 is 5.82 Å². The first-order chi connectivity index (χ1) is 26.1. The molecule has 4 nitrogen and oxygen atoms in total. The number of hydrogen-bond donors (Lipinski definition) is 0. The summed E-state index contributed by atoms with van der Waals surface area (Å²) >= 11 is 0. The Morgan fingerprint density at radius 2 is 0.868 bits per heavy atom. The maximum Gasteiger partial charge on any atom is 0.270 e. The molecule has 4 heteroatoms. The third kappa shape index (κ3) is 5.38. The summed E-state index contributed by atoms with van der Waals surface area (Å²) in [5, 5.41) is 9.37. The summed E-state index contributed by atoms with van der Waals surface area (Å²) in [6.07, 6.45) is 3.37. The van der Waals surface area contributed by atoms with Crippen molar-refractivity contribution in [3.8, 4) is 61.7 Å². The van der Waals surface area contributed by atoms with E-state index in [0.29, 0.717) is 11.5 Å². The highest BCUT2D eigenvalue weighted by Crippen LogP contribution is 2.57. The maximum absolute atomic E-state index is 9.37. The Morgan fingerprint density at radius 3 is 1.32 bits per heavy atom. The number of hydrogen-bond acceptors (Lipinski definition) is 3. The van der Waals surface area contributed by atoms with Crippen LogP contribution in [0.5, 0.6) is 0 Å². The van der Waals surface area contributed by atoms with Gasteiger partial charge in [0, 0.05) is 6.20 Å². The van der Waals surface area contributed by atoms with Gasteiger partial charge in [-0.15, -0.1) is 4.98 Å². The topological polar surface area (TPSA) is 53.9 Å². The molecule has 0 amide bonds. The first-order valence-electron chi connectivity index (χ1n) is 17.5. The number of nitriles is 1. The van der Waals surface area contributed by atoms with Gasteiger partial charge < -0.3 is 4.85 Å². The molecular weight excluding hydrogens is 645 g/mol. The molecule has 0 saturated carbocycles. The number of aromatic nitrogens is 2. The van der Waals surface area contributed by atoms with Crippen molar-refractivity contribution < 1.29 is 0 Å². The van der Waals surface area contributed by atoms with Crippen LogP contribution >= 0.6 is 0 Å². The zero-order valence-corrected chi connectivity index (χ0v) is 28.6. The summed E-state index contributed by atoms with van der Waals surface area (Å²) < 4.78 is 0. The van der Waals surface area contributed by atoms with E-state index in [0.717, 1.165) is 44.5 Å². The van der Waals surface area contributed by atoms with Gasteiger partial charge in [-0.25, -0.2) is 4.98 Å². The highest BCUT2D eigenvalue weighted by molar-refractivity contribution is 5.90. The Bertz CT molecular complexity index is 2530. The summed E-state index contributed by atoms with van der Waals surface area (Å²) in [6.45, 7) is 7.37. The normalized spacial score (nSPS) is 12.3. The van der Waals surface area contributed by atoms with Gasteiger partial charge in [-0.2, -0.15) is 5.26 Å². The molecule has 0 atom stereocenters. The minimum absolute atomic E-state index is 0.392. The summed E-state index contributed by atoms with van der Waals surface area (Å²) in [7, 11) is 0. The van der Waals surface area contributed by atoms with Crippen molar-refractivity contribution in [1.82, 2.24) is 9.97 Å². The van der Waals surface area contributed by atoms with E-state index in [4.69, 9.17) is 6.57 Å². The first kappa shape index (κ1) is 31.6. The molecule has 0 aliphatic heterocycles. The van der Waals surface area contributed by atoms with Crippen molar-refractivity contribution in [2.75, 3.05) is 0 Å². The van der Waals surface area contributed by atoms with E-state index in [1.807, 2.05) is 24.3 Å². The van der Waals surface area contributed by atoms with E-state index >= 15 is 0 Å². The minimum Gasteiger partial charge on any atom is -0.361 e. The molecule has 2 heterocycles. The SMILES string of the molecule is [C-]#[N+]c1cc(-c2ccc(-c3ccc4c(c3)C(c3ccccc3)(c3ccccc3)c3cc(-c5ccc(-c6ccnc(C#N)c6)cc5)ccc3-4)cc2)ccn1. The van der Waals surface area contributed by atoms with Crippen molar-refractivity contribution in [2.45, 2.75) is 5.41 Å². The minimum atomic E-state index is -0.559. The Hall–Kier alpha value is -7.40. The monoisotopic (exact) mass is 674 g/mol. The zero-order chi connectivity index (χ0) is 35.8. The van der Waals surface area contributed by atoms with E-state index in [1.54, 1.807) is 12.4 Å². The Kier molecular flexibility index (Phi) is 7.77. The second-order valence-corrected chi connectivity index (χ2v) is 13.2. The smallest absolute Gasteiger partial charge is 0.270 e. The lowest BCUT2D eigenvalue weighted by molar-refractivity contribution is 0.769. The van der Waals surface area contributed by atoms with Crippen LogP contribution in [0.4, 0.5) is 5.82 Å².